The van der Waals surface area contributed by atoms with Crippen LogP contribution in [0.4, 0.5) is 0 Å². The van der Waals surface area contributed by atoms with E-state index in [1.165, 1.54) is 11.1 Å². The predicted molar refractivity (Wildman–Crippen MR) is 92.4 cm³/mol. The second kappa shape index (κ2) is 8.44. The van der Waals surface area contributed by atoms with Crippen LogP contribution in [0, 0.1) is 6.92 Å². The van der Waals surface area contributed by atoms with E-state index in [2.05, 4.69) is 50.4 Å². The first-order chi connectivity index (χ1) is 9.89. The number of hydrogen-bond acceptors (Lipinski definition) is 3. The molecule has 1 aromatic carbocycles. The Labute approximate surface area is 133 Å². The number of nitrogens with one attached hydrogen (secondary N) is 1. The molecule has 0 fully saturated rings. The van der Waals surface area contributed by atoms with Crippen molar-refractivity contribution in [3.05, 3.63) is 35.4 Å². The van der Waals surface area contributed by atoms with Crippen LogP contribution in [0.25, 0.3) is 0 Å². The molecule has 118 valence electrons. The molecule has 1 aromatic rings. The van der Waals surface area contributed by atoms with Gasteiger partial charge in [0.25, 0.3) is 0 Å². The minimum atomic E-state index is -0.617. The number of hydrogen-bond donors (Lipinski definition) is 2. The van der Waals surface area contributed by atoms with Crippen LogP contribution >= 0.6 is 11.8 Å². The van der Waals surface area contributed by atoms with Crippen molar-refractivity contribution in [2.24, 2.45) is 5.73 Å². The maximum absolute atomic E-state index is 11.7. The SMILES string of the molecule is CCCNC(C)(CC(C)SCc1ccccc1C)C(N)=O. The van der Waals surface area contributed by atoms with Gasteiger partial charge in [-0.25, -0.2) is 0 Å². The summed E-state index contributed by atoms with van der Waals surface area (Å²) in [4.78, 5) is 11.7. The van der Waals surface area contributed by atoms with Crippen molar-refractivity contribution in [2.45, 2.75) is 57.1 Å². The van der Waals surface area contributed by atoms with Crippen molar-refractivity contribution in [2.75, 3.05) is 6.54 Å². The fourth-order valence-corrected chi connectivity index (χ4v) is 3.54. The van der Waals surface area contributed by atoms with Gasteiger partial charge in [0.1, 0.15) is 0 Å². The smallest absolute Gasteiger partial charge is 0.237 e. The average molecular weight is 308 g/mol. The van der Waals surface area contributed by atoms with Gasteiger partial charge in [-0.3, -0.25) is 4.79 Å². The Hall–Kier alpha value is -1.00. The van der Waals surface area contributed by atoms with Crippen LogP contribution in [0.1, 0.15) is 44.7 Å². The van der Waals surface area contributed by atoms with Gasteiger partial charge in [-0.15, -0.1) is 0 Å². The van der Waals surface area contributed by atoms with Gasteiger partial charge >= 0.3 is 0 Å². The van der Waals surface area contributed by atoms with Gasteiger partial charge in [-0.05, 0) is 44.4 Å². The highest BCUT2D eigenvalue weighted by molar-refractivity contribution is 7.99. The number of aryl methyl sites for hydroxylation is 1. The van der Waals surface area contributed by atoms with Crippen LogP contribution in [0.3, 0.4) is 0 Å². The number of amides is 1. The standard InChI is InChI=1S/C17H28N2OS/c1-5-10-19-17(4,16(18)20)11-14(3)21-12-15-9-7-6-8-13(15)2/h6-9,14,19H,5,10-12H2,1-4H3,(H2,18,20). The van der Waals surface area contributed by atoms with E-state index >= 15 is 0 Å². The van der Waals surface area contributed by atoms with Crippen molar-refractivity contribution >= 4 is 17.7 Å². The van der Waals surface area contributed by atoms with E-state index in [4.69, 9.17) is 5.73 Å². The maximum atomic E-state index is 11.7. The van der Waals surface area contributed by atoms with Gasteiger partial charge in [-0.2, -0.15) is 11.8 Å². The number of primary amides is 1. The van der Waals surface area contributed by atoms with Gasteiger partial charge in [0, 0.05) is 11.0 Å². The molecule has 21 heavy (non-hydrogen) atoms. The fraction of sp³-hybridized carbons (Fsp3) is 0.588. The molecule has 2 atom stereocenters. The molecule has 1 amide bonds. The minimum Gasteiger partial charge on any atom is -0.368 e. The molecule has 0 bridgehead atoms. The first-order valence-corrected chi connectivity index (χ1v) is 8.65. The molecular weight excluding hydrogens is 280 g/mol. The summed E-state index contributed by atoms with van der Waals surface area (Å²) in [7, 11) is 0. The van der Waals surface area contributed by atoms with E-state index in [9.17, 15) is 4.79 Å². The molecule has 0 aliphatic carbocycles. The summed E-state index contributed by atoms with van der Waals surface area (Å²) in [6, 6.07) is 8.43. The summed E-state index contributed by atoms with van der Waals surface area (Å²) in [6.07, 6.45) is 1.74. The molecule has 0 aromatic heterocycles. The van der Waals surface area contributed by atoms with Crippen molar-refractivity contribution in [3.8, 4) is 0 Å². The molecule has 1 rings (SSSR count). The molecule has 0 spiro atoms. The third kappa shape index (κ3) is 5.71. The third-order valence-electron chi connectivity index (χ3n) is 3.79. The van der Waals surface area contributed by atoms with Gasteiger partial charge < -0.3 is 11.1 Å². The van der Waals surface area contributed by atoms with Crippen LogP contribution in [0.2, 0.25) is 0 Å². The van der Waals surface area contributed by atoms with Crippen molar-refractivity contribution in [3.63, 3.8) is 0 Å². The lowest BCUT2D eigenvalue weighted by Gasteiger charge is -2.30. The second-order valence-electron chi connectivity index (χ2n) is 5.88. The van der Waals surface area contributed by atoms with Gasteiger partial charge in [0.15, 0.2) is 0 Å². The van der Waals surface area contributed by atoms with E-state index in [1.807, 2.05) is 18.7 Å². The number of rotatable bonds is 9. The number of carbonyl (C=O) groups excluding carboxylic acids is 1. The largest absolute Gasteiger partial charge is 0.368 e. The molecule has 0 aliphatic heterocycles. The summed E-state index contributed by atoms with van der Waals surface area (Å²) < 4.78 is 0. The quantitative estimate of drug-likeness (QED) is 0.736. The zero-order valence-corrected chi connectivity index (χ0v) is 14.4. The van der Waals surface area contributed by atoms with Crippen molar-refractivity contribution in [1.29, 1.82) is 0 Å². The summed E-state index contributed by atoms with van der Waals surface area (Å²) >= 11 is 1.87. The topological polar surface area (TPSA) is 55.1 Å². The Bertz CT molecular complexity index is 464. The number of benzene rings is 1. The lowest BCUT2D eigenvalue weighted by atomic mass is 9.95. The van der Waals surface area contributed by atoms with E-state index in [0.29, 0.717) is 5.25 Å². The maximum Gasteiger partial charge on any atom is 0.237 e. The first kappa shape index (κ1) is 18.1. The third-order valence-corrected chi connectivity index (χ3v) is 5.00. The minimum absolute atomic E-state index is 0.265. The number of thioether (sulfide) groups is 1. The number of carbonyl (C=O) groups is 1. The Morgan fingerprint density at radius 2 is 2.10 bits per heavy atom. The van der Waals surface area contributed by atoms with Crippen LogP contribution < -0.4 is 11.1 Å². The Morgan fingerprint density at radius 3 is 2.67 bits per heavy atom. The fourth-order valence-electron chi connectivity index (χ4n) is 2.30. The molecule has 0 aliphatic rings. The molecule has 4 heteroatoms. The van der Waals surface area contributed by atoms with Crippen LogP contribution in [0.15, 0.2) is 24.3 Å². The van der Waals surface area contributed by atoms with E-state index in [-0.39, 0.29) is 5.91 Å². The molecule has 2 unspecified atom stereocenters. The zero-order valence-electron chi connectivity index (χ0n) is 13.6. The monoisotopic (exact) mass is 308 g/mol. The highest BCUT2D eigenvalue weighted by Crippen LogP contribution is 2.26. The number of nitrogens with two attached hydrogens (primary N) is 1. The lowest BCUT2D eigenvalue weighted by Crippen LogP contribution is -2.54. The summed E-state index contributed by atoms with van der Waals surface area (Å²) in [5, 5.41) is 3.66. The Kier molecular flexibility index (Phi) is 7.26. The van der Waals surface area contributed by atoms with Crippen LogP contribution in [-0.2, 0) is 10.5 Å². The van der Waals surface area contributed by atoms with E-state index < -0.39 is 5.54 Å². The molecular formula is C17H28N2OS. The van der Waals surface area contributed by atoms with E-state index in [1.54, 1.807) is 0 Å². The van der Waals surface area contributed by atoms with Gasteiger partial charge in [-0.1, -0.05) is 38.1 Å². The predicted octanol–water partition coefficient (Wildman–Crippen LogP) is 3.25. The lowest BCUT2D eigenvalue weighted by molar-refractivity contribution is -0.124. The molecule has 0 heterocycles. The highest BCUT2D eigenvalue weighted by Gasteiger charge is 2.32. The summed E-state index contributed by atoms with van der Waals surface area (Å²) in [6.45, 7) is 9.11. The summed E-state index contributed by atoms with van der Waals surface area (Å²) in [5.41, 5.74) is 7.64. The Morgan fingerprint density at radius 1 is 1.43 bits per heavy atom. The average Bonchev–Trinajstić information content (AvgIpc) is 2.44. The normalized spacial score (nSPS) is 15.4. The van der Waals surface area contributed by atoms with Gasteiger partial charge in [0.05, 0.1) is 5.54 Å². The molecule has 3 nitrogen and oxygen atoms in total. The summed E-state index contributed by atoms with van der Waals surface area (Å²) in [5.74, 6) is 0.704. The van der Waals surface area contributed by atoms with Crippen LogP contribution in [0.5, 0.6) is 0 Å². The van der Waals surface area contributed by atoms with E-state index in [0.717, 1.165) is 25.1 Å². The Balaban J connectivity index is 2.56. The molecule has 3 N–H and O–H groups in total. The zero-order chi connectivity index (χ0) is 15.9. The van der Waals surface area contributed by atoms with Crippen molar-refractivity contribution < 1.29 is 4.79 Å². The molecule has 0 radical (unpaired) electrons. The second-order valence-corrected chi connectivity index (χ2v) is 7.30. The molecule has 0 saturated carbocycles. The molecule has 0 saturated heterocycles. The van der Waals surface area contributed by atoms with Crippen LogP contribution in [-0.4, -0.2) is 23.2 Å². The van der Waals surface area contributed by atoms with Crippen molar-refractivity contribution in [1.82, 2.24) is 5.32 Å². The van der Waals surface area contributed by atoms with Gasteiger partial charge in [0.2, 0.25) is 5.91 Å². The highest BCUT2D eigenvalue weighted by atomic mass is 32.2. The first-order valence-electron chi connectivity index (χ1n) is 7.60.